The molecular weight excluding hydrogens is 1270 g/mol. The van der Waals surface area contributed by atoms with Gasteiger partial charge in [-0.25, -0.2) is 14.2 Å². The maximum atomic E-state index is 14.8. The number of methoxy groups -OCH3 is 2. The fourth-order valence-corrected chi connectivity index (χ4v) is 14.6. The highest BCUT2D eigenvalue weighted by molar-refractivity contribution is 8.76. The van der Waals surface area contributed by atoms with E-state index in [-0.39, 0.29) is 65.8 Å². The third kappa shape index (κ3) is 19.9. The minimum atomic E-state index is -1.04. The molecule has 2 aliphatic heterocycles. The van der Waals surface area contributed by atoms with E-state index in [0.717, 1.165) is 5.56 Å². The number of aliphatic hydroxyl groups is 1. The quantitative estimate of drug-likeness (QED) is 0.0183. The molecule has 0 unspecified atom stereocenters. The third-order valence-electron chi connectivity index (χ3n) is 18.3. The molecule has 2 saturated heterocycles. The number of aliphatic hydroxyl groups excluding tert-OH is 1. The Kier molecular flexibility index (Phi) is 29.3. The van der Waals surface area contributed by atoms with Crippen molar-refractivity contribution in [3.63, 3.8) is 0 Å². The van der Waals surface area contributed by atoms with Crippen LogP contribution in [0.2, 0.25) is 0 Å². The second-order valence-electron chi connectivity index (χ2n) is 26.1. The highest BCUT2D eigenvalue weighted by Gasteiger charge is 2.44. The zero-order chi connectivity index (χ0) is 70.8. The van der Waals surface area contributed by atoms with Gasteiger partial charge in [-0.2, -0.15) is 0 Å². The van der Waals surface area contributed by atoms with E-state index >= 15 is 0 Å². The van der Waals surface area contributed by atoms with Crippen LogP contribution in [-0.2, 0) is 44.7 Å². The molecule has 0 radical (unpaired) electrons. The summed E-state index contributed by atoms with van der Waals surface area (Å²) in [7, 11) is 8.72. The van der Waals surface area contributed by atoms with Crippen LogP contribution in [0.3, 0.4) is 0 Å². The monoisotopic (exact) mass is 1370 g/mol. The number of aromatic hydroxyl groups is 3. The van der Waals surface area contributed by atoms with Crippen LogP contribution in [0, 0.1) is 23.7 Å². The minimum Gasteiger partial charge on any atom is -0.508 e. The zero-order valence-corrected chi connectivity index (χ0v) is 59.6. The predicted molar refractivity (Wildman–Crippen MR) is 369 cm³/mol. The lowest BCUT2D eigenvalue weighted by Crippen LogP contribution is -2.60. The van der Waals surface area contributed by atoms with Crippen molar-refractivity contribution in [2.24, 2.45) is 29.4 Å². The normalized spacial score (nSPS) is 17.6. The number of likely N-dealkylation sites (N-methyl/N-ethyl adjacent to an activating group) is 2. The first-order chi connectivity index (χ1) is 45.5. The number of ether oxygens (including phenoxy) is 3. The van der Waals surface area contributed by atoms with Gasteiger partial charge in [-0.15, -0.1) is 5.10 Å². The summed E-state index contributed by atoms with van der Waals surface area (Å²) in [5.41, 5.74) is 8.83. The Morgan fingerprint density at radius 1 is 0.771 bits per heavy atom. The SMILES string of the molecule is CC[C@H](C)[C@@H]([C@@H](CC(=O)N1CCC[C@H]1[C@H](OC)[C@@H](C)C(=O)N[C@H](C)[C@@H](O)c1ccccc1)OC)N(C)C(=O)[C@@H](NC(=O)[C@H](C(C)C)N(C)C(=O)OCCSSC[C@H](NC(=O)N1CCN(Cc2ccc(-n3c(O)nnc3-c3cc(C(C)C)c(O)cc3O)cc2)CC1)C(N)=O)C(C)C. The Morgan fingerprint density at radius 2 is 1.44 bits per heavy atom. The Labute approximate surface area is 572 Å². The Morgan fingerprint density at radius 3 is 2.03 bits per heavy atom. The molecule has 2 aliphatic rings. The molecule has 6 rings (SSSR count). The zero-order valence-electron chi connectivity index (χ0n) is 58.0. The molecule has 0 bridgehead atoms. The standard InChI is InChI=1S/C68H102N12O14S2/c1-15-42(8)58(54(92-13)36-55(83)79-27-19-22-51(79)60(93-14)43(9)63(86)70-44(10)59(84)46-20-17-16-18-21-46)75(11)65(88)56(40(4)5)72-64(87)57(41(6)7)76(12)68(91)94-32-33-95-96-38-50(61(69)85)71-66(89)78-30-28-77(29-31-78)37-45-23-25-47(26-24-45)80-62(73-74-67(80)90)49-34-48(39(2)3)52(81)35-53(49)82/h16-18,20-21,23-26,34-35,39-44,50-51,54,56-60,81-82,84H,15,19,22,27-33,36-38H2,1-14H3,(H2,69,85)(H,70,86)(H,71,89)(H,72,87)(H,74,90)/t42-,43+,44+,50-,51-,54+,56-,57-,58-,59+,60+/m0/s1. The van der Waals surface area contributed by atoms with Crippen LogP contribution >= 0.6 is 21.6 Å². The lowest BCUT2D eigenvalue weighted by molar-refractivity contribution is -0.148. The van der Waals surface area contributed by atoms with E-state index in [9.17, 15) is 54.0 Å². The fraction of sp³-hybridized carbons (Fsp3) is 0.603. The molecular formula is C68H102N12O14S2. The van der Waals surface area contributed by atoms with Crippen LogP contribution in [0.15, 0.2) is 66.7 Å². The summed E-state index contributed by atoms with van der Waals surface area (Å²) >= 11 is 0. The topological polar surface area (TPSA) is 337 Å². The van der Waals surface area contributed by atoms with Crippen molar-refractivity contribution in [2.45, 2.75) is 162 Å². The molecule has 28 heteroatoms. The Bertz CT molecular complexity index is 3230. The Hall–Kier alpha value is -7.37. The van der Waals surface area contributed by atoms with E-state index < -0.39 is 102 Å². The minimum absolute atomic E-state index is 0.0463. The van der Waals surface area contributed by atoms with E-state index in [4.69, 9.17) is 19.9 Å². The molecule has 96 heavy (non-hydrogen) atoms. The first kappa shape index (κ1) is 77.6. The first-order valence-electron chi connectivity index (χ1n) is 33.0. The van der Waals surface area contributed by atoms with E-state index in [1.807, 2.05) is 71.9 Å². The molecule has 26 nitrogen and oxygen atoms in total. The number of hydrogen-bond acceptors (Lipinski definition) is 19. The van der Waals surface area contributed by atoms with Crippen molar-refractivity contribution in [3.05, 3.63) is 83.4 Å². The molecule has 0 saturated carbocycles. The lowest BCUT2D eigenvalue weighted by atomic mass is 9.89. The molecule has 2 fully saturated rings. The molecule has 3 heterocycles. The van der Waals surface area contributed by atoms with Crippen molar-refractivity contribution >= 4 is 63.2 Å². The number of phenols is 2. The fourth-order valence-electron chi connectivity index (χ4n) is 12.6. The largest absolute Gasteiger partial charge is 0.508 e. The number of likely N-dealkylation sites (tertiary alicyclic amines) is 1. The summed E-state index contributed by atoms with van der Waals surface area (Å²) in [5.74, 6) is -3.52. The van der Waals surface area contributed by atoms with Gasteiger partial charge in [0, 0.05) is 85.2 Å². The van der Waals surface area contributed by atoms with Crippen molar-refractivity contribution in [1.82, 2.24) is 55.2 Å². The highest BCUT2D eigenvalue weighted by atomic mass is 33.1. The molecule has 530 valence electrons. The van der Waals surface area contributed by atoms with Crippen molar-refractivity contribution < 1.29 is 68.2 Å². The molecule has 9 N–H and O–H groups in total. The number of urea groups is 1. The van der Waals surface area contributed by atoms with Gasteiger partial charge in [-0.05, 0) is 78.3 Å². The highest BCUT2D eigenvalue weighted by Crippen LogP contribution is 2.39. The molecule has 11 atom stereocenters. The number of amides is 8. The van der Waals surface area contributed by atoms with Crippen molar-refractivity contribution in [3.8, 4) is 34.6 Å². The maximum absolute atomic E-state index is 14.8. The molecule has 8 amide bonds. The number of hydrogen-bond donors (Lipinski definition) is 8. The summed E-state index contributed by atoms with van der Waals surface area (Å²) in [6.45, 7) is 21.3. The summed E-state index contributed by atoms with van der Waals surface area (Å²) in [6.07, 6.45) is -1.26. The van der Waals surface area contributed by atoms with E-state index in [0.29, 0.717) is 86.7 Å². The third-order valence-corrected chi connectivity index (χ3v) is 20.7. The summed E-state index contributed by atoms with van der Waals surface area (Å²) in [6, 6.07) is 13.9. The number of phenolic OH excluding ortho intramolecular Hbond substituents is 2. The van der Waals surface area contributed by atoms with Gasteiger partial charge in [0.15, 0.2) is 5.82 Å². The van der Waals surface area contributed by atoms with Gasteiger partial charge in [0.1, 0.15) is 36.2 Å². The predicted octanol–water partition coefficient (Wildman–Crippen LogP) is 6.63. The molecule has 0 spiro atoms. The molecule has 1 aromatic heterocycles. The number of nitrogens with zero attached hydrogens (tertiary/aromatic N) is 8. The van der Waals surface area contributed by atoms with Crippen LogP contribution in [0.25, 0.3) is 17.1 Å². The van der Waals surface area contributed by atoms with Crippen LogP contribution in [-0.4, -0.2) is 229 Å². The van der Waals surface area contributed by atoms with Crippen LogP contribution < -0.4 is 21.7 Å². The average Bonchev–Trinajstić information content (AvgIpc) is 1.68. The van der Waals surface area contributed by atoms with Crippen LogP contribution in [0.1, 0.15) is 124 Å². The summed E-state index contributed by atoms with van der Waals surface area (Å²) < 4.78 is 19.1. The van der Waals surface area contributed by atoms with E-state index in [1.54, 1.807) is 79.8 Å². The van der Waals surface area contributed by atoms with Crippen LogP contribution in [0.4, 0.5) is 9.59 Å². The smallest absolute Gasteiger partial charge is 0.410 e. The van der Waals surface area contributed by atoms with Crippen LogP contribution in [0.5, 0.6) is 17.5 Å². The van der Waals surface area contributed by atoms with Gasteiger partial charge in [0.25, 0.3) is 0 Å². The van der Waals surface area contributed by atoms with Gasteiger partial charge in [0.05, 0.1) is 60.0 Å². The second kappa shape index (κ2) is 36.3. The number of aromatic nitrogens is 3. The molecule has 0 aliphatic carbocycles. The van der Waals surface area contributed by atoms with Crippen molar-refractivity contribution in [1.29, 1.82) is 0 Å². The van der Waals surface area contributed by atoms with Gasteiger partial charge in [0.2, 0.25) is 29.5 Å². The number of rotatable bonds is 33. The van der Waals surface area contributed by atoms with Gasteiger partial charge < -0.3 is 71.0 Å². The molecule has 3 aromatic carbocycles. The molecule has 4 aromatic rings. The number of carbonyl (C=O) groups is 7. The average molecular weight is 1380 g/mol. The number of benzene rings is 3. The van der Waals surface area contributed by atoms with E-state index in [1.165, 1.54) is 58.4 Å². The first-order valence-corrected chi connectivity index (χ1v) is 35.5. The number of nitrogens with one attached hydrogen (secondary N) is 3. The van der Waals surface area contributed by atoms with Gasteiger partial charge in [-0.3, -0.25) is 33.8 Å². The van der Waals surface area contributed by atoms with Gasteiger partial charge >= 0.3 is 18.1 Å². The maximum Gasteiger partial charge on any atom is 0.410 e. The number of piperazine rings is 1. The Balaban J connectivity index is 0.951. The number of nitrogens with two attached hydrogens (primary N) is 1. The summed E-state index contributed by atoms with van der Waals surface area (Å²) in [5, 5.41) is 59.4. The van der Waals surface area contributed by atoms with E-state index in [2.05, 4.69) is 31.0 Å². The number of carbonyl (C=O) groups excluding carboxylic acids is 7. The number of primary amides is 1. The van der Waals surface area contributed by atoms with Crippen molar-refractivity contribution in [2.75, 3.05) is 79.2 Å². The summed E-state index contributed by atoms with van der Waals surface area (Å²) in [4.78, 5) is 105. The van der Waals surface area contributed by atoms with Gasteiger partial charge in [-0.1, -0.05) is 138 Å². The lowest BCUT2D eigenvalue weighted by Gasteiger charge is -2.41. The second-order valence-corrected chi connectivity index (χ2v) is 28.7.